The van der Waals surface area contributed by atoms with Gasteiger partial charge in [0.15, 0.2) is 6.61 Å². The fourth-order valence-electron chi connectivity index (χ4n) is 2.55. The van der Waals surface area contributed by atoms with Crippen molar-refractivity contribution in [2.75, 3.05) is 20.3 Å². The number of aliphatic hydroxyl groups is 1. The Morgan fingerprint density at radius 1 is 1.50 bits per heavy atom. The molecule has 4 nitrogen and oxygen atoms in total. The van der Waals surface area contributed by atoms with Crippen molar-refractivity contribution < 1.29 is 19.4 Å². The summed E-state index contributed by atoms with van der Waals surface area (Å²) in [7, 11) is 1.35. The normalized spacial score (nSPS) is 17.8. The molecule has 0 saturated heterocycles. The second kappa shape index (κ2) is 7.10. The molecule has 1 atom stereocenters. The molecule has 0 radical (unpaired) electrons. The molecule has 1 unspecified atom stereocenters. The third-order valence-electron chi connectivity index (χ3n) is 3.56. The molecule has 0 bridgehead atoms. The van der Waals surface area contributed by atoms with Gasteiger partial charge >= 0.3 is 5.97 Å². The molecule has 0 amide bonds. The van der Waals surface area contributed by atoms with E-state index in [1.165, 1.54) is 18.2 Å². The number of benzene rings is 1. The van der Waals surface area contributed by atoms with E-state index in [9.17, 15) is 4.79 Å². The third kappa shape index (κ3) is 3.61. The highest BCUT2D eigenvalue weighted by molar-refractivity contribution is 5.71. The zero-order valence-corrected chi connectivity index (χ0v) is 11.7. The third-order valence-corrected chi connectivity index (χ3v) is 3.56. The number of hydrogen-bond acceptors (Lipinski definition) is 4. The van der Waals surface area contributed by atoms with Crippen molar-refractivity contribution in [1.82, 2.24) is 0 Å². The summed E-state index contributed by atoms with van der Waals surface area (Å²) in [6, 6.07) is 5.94. The van der Waals surface area contributed by atoms with Gasteiger partial charge in [-0.25, -0.2) is 4.79 Å². The molecule has 0 spiro atoms. The minimum Gasteiger partial charge on any atom is -0.482 e. The van der Waals surface area contributed by atoms with Crippen LogP contribution in [0.4, 0.5) is 0 Å². The molecule has 1 aliphatic rings. The van der Waals surface area contributed by atoms with Crippen LogP contribution in [0.1, 0.15) is 17.5 Å². The molecular weight excluding hydrogens is 256 g/mol. The zero-order valence-electron chi connectivity index (χ0n) is 11.7. The van der Waals surface area contributed by atoms with E-state index >= 15 is 0 Å². The van der Waals surface area contributed by atoms with Crippen LogP contribution in [0.15, 0.2) is 30.4 Å². The van der Waals surface area contributed by atoms with E-state index in [1.54, 1.807) is 6.08 Å². The van der Waals surface area contributed by atoms with Crippen molar-refractivity contribution in [3.05, 3.63) is 41.5 Å². The maximum absolute atomic E-state index is 11.1. The van der Waals surface area contributed by atoms with Crippen molar-refractivity contribution in [1.29, 1.82) is 0 Å². The Bertz CT molecular complexity index is 493. The van der Waals surface area contributed by atoms with E-state index in [-0.39, 0.29) is 19.2 Å². The lowest BCUT2D eigenvalue weighted by atomic mass is 9.83. The number of fused-ring (bicyclic) bond motifs is 1. The van der Waals surface area contributed by atoms with Crippen LogP contribution in [-0.2, 0) is 22.4 Å². The molecule has 2 rings (SSSR count). The molecule has 0 fully saturated rings. The summed E-state index contributed by atoms with van der Waals surface area (Å²) in [6.07, 6.45) is 6.77. The Balaban J connectivity index is 2.08. The molecule has 108 valence electrons. The SMILES string of the molecule is COC(=O)COc1cccc2c1CCC(/C=C/CO)C2. The van der Waals surface area contributed by atoms with Gasteiger partial charge in [0.1, 0.15) is 5.75 Å². The van der Waals surface area contributed by atoms with Gasteiger partial charge in [-0.3, -0.25) is 0 Å². The fraction of sp³-hybridized carbons (Fsp3) is 0.438. The average Bonchev–Trinajstić information content (AvgIpc) is 2.50. The van der Waals surface area contributed by atoms with Gasteiger partial charge in [0.2, 0.25) is 0 Å². The summed E-state index contributed by atoms with van der Waals surface area (Å²) in [4.78, 5) is 11.1. The standard InChI is InChI=1S/C16H20O4/c1-19-16(18)11-20-15-6-2-5-13-10-12(4-3-9-17)7-8-14(13)15/h2-6,12,17H,7-11H2,1H3/b4-3+. The summed E-state index contributed by atoms with van der Waals surface area (Å²) in [6.45, 7) is 0.0342. The lowest BCUT2D eigenvalue weighted by Gasteiger charge is -2.24. The fourth-order valence-corrected chi connectivity index (χ4v) is 2.55. The van der Waals surface area contributed by atoms with Gasteiger partial charge in [0.25, 0.3) is 0 Å². The molecular formula is C16H20O4. The molecule has 0 heterocycles. The Hall–Kier alpha value is -1.81. The van der Waals surface area contributed by atoms with Gasteiger partial charge in [-0.2, -0.15) is 0 Å². The average molecular weight is 276 g/mol. The molecule has 1 aliphatic carbocycles. The smallest absolute Gasteiger partial charge is 0.343 e. The number of carbonyl (C=O) groups is 1. The van der Waals surface area contributed by atoms with Crippen molar-refractivity contribution >= 4 is 5.97 Å². The quantitative estimate of drug-likeness (QED) is 0.659. The first kappa shape index (κ1) is 14.6. The number of methoxy groups -OCH3 is 1. The minimum absolute atomic E-state index is 0.0548. The van der Waals surface area contributed by atoms with Crippen LogP contribution >= 0.6 is 0 Å². The number of carbonyl (C=O) groups excluding carboxylic acids is 1. The molecule has 4 heteroatoms. The van der Waals surface area contributed by atoms with Crippen LogP contribution in [0.2, 0.25) is 0 Å². The van der Waals surface area contributed by atoms with Crippen LogP contribution < -0.4 is 4.74 Å². The van der Waals surface area contributed by atoms with Crippen LogP contribution in [0.3, 0.4) is 0 Å². The predicted molar refractivity (Wildman–Crippen MR) is 75.7 cm³/mol. The Labute approximate surface area is 119 Å². The lowest BCUT2D eigenvalue weighted by Crippen LogP contribution is -2.17. The van der Waals surface area contributed by atoms with E-state index in [4.69, 9.17) is 9.84 Å². The first-order valence-electron chi connectivity index (χ1n) is 6.82. The largest absolute Gasteiger partial charge is 0.482 e. The van der Waals surface area contributed by atoms with Crippen LogP contribution in [0.25, 0.3) is 0 Å². The number of rotatable bonds is 5. The maximum atomic E-state index is 11.1. The van der Waals surface area contributed by atoms with Gasteiger partial charge in [-0.15, -0.1) is 0 Å². The van der Waals surface area contributed by atoms with Gasteiger partial charge < -0.3 is 14.6 Å². The highest BCUT2D eigenvalue weighted by Crippen LogP contribution is 2.32. The topological polar surface area (TPSA) is 55.8 Å². The van der Waals surface area contributed by atoms with E-state index in [0.29, 0.717) is 5.92 Å². The summed E-state index contributed by atoms with van der Waals surface area (Å²) < 4.78 is 10.1. The molecule has 1 N–H and O–H groups in total. The van der Waals surface area contributed by atoms with E-state index in [1.807, 2.05) is 12.1 Å². The van der Waals surface area contributed by atoms with Gasteiger partial charge in [-0.05, 0) is 42.4 Å². The first-order chi connectivity index (χ1) is 9.74. The van der Waals surface area contributed by atoms with Crippen molar-refractivity contribution in [2.45, 2.75) is 19.3 Å². The molecule has 1 aromatic rings. The van der Waals surface area contributed by atoms with Crippen LogP contribution in [0, 0.1) is 5.92 Å². The first-order valence-corrected chi connectivity index (χ1v) is 6.82. The lowest BCUT2D eigenvalue weighted by molar-refractivity contribution is -0.142. The minimum atomic E-state index is -0.373. The summed E-state index contributed by atoms with van der Waals surface area (Å²) >= 11 is 0. The Morgan fingerprint density at radius 2 is 2.35 bits per heavy atom. The molecule has 0 aromatic heterocycles. The Kier molecular flexibility index (Phi) is 5.18. The second-order valence-electron chi connectivity index (χ2n) is 4.87. The van der Waals surface area contributed by atoms with Crippen molar-refractivity contribution in [2.24, 2.45) is 5.92 Å². The molecule has 20 heavy (non-hydrogen) atoms. The van der Waals surface area contributed by atoms with Crippen molar-refractivity contribution in [3.8, 4) is 5.75 Å². The van der Waals surface area contributed by atoms with Gasteiger partial charge in [-0.1, -0.05) is 24.3 Å². The number of aliphatic hydroxyl groups excluding tert-OH is 1. The van der Waals surface area contributed by atoms with Crippen LogP contribution in [-0.4, -0.2) is 31.4 Å². The number of esters is 1. The summed E-state index contributed by atoms with van der Waals surface area (Å²) in [5.41, 5.74) is 2.44. The highest BCUT2D eigenvalue weighted by Gasteiger charge is 2.20. The molecule has 1 aromatic carbocycles. The van der Waals surface area contributed by atoms with Crippen molar-refractivity contribution in [3.63, 3.8) is 0 Å². The number of hydrogen-bond donors (Lipinski definition) is 1. The molecule has 0 aliphatic heterocycles. The van der Waals surface area contributed by atoms with E-state index in [2.05, 4.69) is 16.9 Å². The highest BCUT2D eigenvalue weighted by atomic mass is 16.6. The zero-order chi connectivity index (χ0) is 14.4. The van der Waals surface area contributed by atoms with Gasteiger partial charge in [0, 0.05) is 0 Å². The number of ether oxygens (including phenoxy) is 2. The maximum Gasteiger partial charge on any atom is 0.343 e. The van der Waals surface area contributed by atoms with E-state index in [0.717, 1.165) is 25.0 Å². The van der Waals surface area contributed by atoms with E-state index < -0.39 is 0 Å². The molecule has 0 saturated carbocycles. The summed E-state index contributed by atoms with van der Waals surface area (Å²) in [5.74, 6) is 0.866. The summed E-state index contributed by atoms with van der Waals surface area (Å²) in [5, 5.41) is 8.83. The monoisotopic (exact) mass is 276 g/mol. The predicted octanol–water partition coefficient (Wildman–Crippen LogP) is 1.89. The van der Waals surface area contributed by atoms with Gasteiger partial charge in [0.05, 0.1) is 13.7 Å². The second-order valence-corrected chi connectivity index (χ2v) is 4.87. The Morgan fingerprint density at radius 3 is 3.10 bits per heavy atom. The number of allylic oxidation sites excluding steroid dienone is 1. The van der Waals surface area contributed by atoms with Crippen LogP contribution in [0.5, 0.6) is 5.75 Å².